The maximum Gasteiger partial charge on any atom is 0.216 e. The minimum atomic E-state index is -0.621. The van der Waals surface area contributed by atoms with Crippen molar-refractivity contribution in [3.8, 4) is 0 Å². The van der Waals surface area contributed by atoms with Crippen LogP contribution in [0.1, 0.15) is 18.9 Å². The molecule has 29 heavy (non-hydrogen) atoms. The van der Waals surface area contributed by atoms with Gasteiger partial charge in [-0.3, -0.25) is 15.4 Å². The molecule has 2 aromatic heterocycles. The third kappa shape index (κ3) is 4.79. The van der Waals surface area contributed by atoms with Gasteiger partial charge in [-0.2, -0.15) is 4.98 Å². The quantitative estimate of drug-likeness (QED) is 0.173. The van der Waals surface area contributed by atoms with E-state index in [4.69, 9.17) is 17.0 Å². The smallest absolute Gasteiger partial charge is 0.216 e. The van der Waals surface area contributed by atoms with E-state index < -0.39 is 5.82 Å². The third-order valence-corrected chi connectivity index (χ3v) is 4.32. The first-order valence-corrected chi connectivity index (χ1v) is 9.10. The van der Waals surface area contributed by atoms with Gasteiger partial charge in [-0.25, -0.2) is 14.4 Å². The fourth-order valence-corrected chi connectivity index (χ4v) is 2.79. The number of H-pyrrole nitrogens is 1. The van der Waals surface area contributed by atoms with E-state index in [0.29, 0.717) is 47.2 Å². The van der Waals surface area contributed by atoms with Crippen LogP contribution in [-0.4, -0.2) is 45.0 Å². The molecular formula is C18H19ClFN7O2. The Hall–Kier alpha value is -3.24. The number of pyridine rings is 1. The van der Waals surface area contributed by atoms with Crippen LogP contribution in [0, 0.1) is 11.2 Å². The van der Waals surface area contributed by atoms with Gasteiger partial charge in [0.05, 0.1) is 16.2 Å². The fourth-order valence-electron chi connectivity index (χ4n) is 2.61. The van der Waals surface area contributed by atoms with Crippen LogP contribution in [0.2, 0.25) is 5.02 Å². The standard InChI is InChI=1S/C18H19ClFN7O2/c1-10(28)22-6-2-7-24-18-25-15-12(5-8-23-17(15)26-18)16(21)27(29)11-3-4-14(20)13(19)9-11/h3-5,8-9,21,29H,2,6-7H2,1H3,(H,22,28)(H2,23,24,25,26). The van der Waals surface area contributed by atoms with Crippen molar-refractivity contribution in [1.82, 2.24) is 20.3 Å². The van der Waals surface area contributed by atoms with Crippen molar-refractivity contribution < 1.29 is 14.4 Å². The molecule has 0 radical (unpaired) electrons. The molecule has 2 heterocycles. The first-order valence-electron chi connectivity index (χ1n) is 8.73. The summed E-state index contributed by atoms with van der Waals surface area (Å²) in [6.07, 6.45) is 2.17. The van der Waals surface area contributed by atoms with Crippen LogP contribution in [0.15, 0.2) is 30.5 Å². The number of nitrogens with one attached hydrogen (secondary N) is 4. The van der Waals surface area contributed by atoms with Gasteiger partial charge in [0, 0.05) is 31.8 Å². The molecule has 3 rings (SSSR count). The molecule has 0 aliphatic heterocycles. The van der Waals surface area contributed by atoms with Gasteiger partial charge in [-0.1, -0.05) is 11.6 Å². The molecule has 152 valence electrons. The SMILES string of the molecule is CC(=O)NCCCNc1nc2nccc(C(=N)N(O)c3ccc(F)c(Cl)c3)c2[nH]1. The van der Waals surface area contributed by atoms with E-state index in [2.05, 4.69) is 25.6 Å². The van der Waals surface area contributed by atoms with Crippen molar-refractivity contribution >= 4 is 46.1 Å². The highest BCUT2D eigenvalue weighted by Crippen LogP contribution is 2.24. The zero-order valence-corrected chi connectivity index (χ0v) is 16.2. The van der Waals surface area contributed by atoms with E-state index >= 15 is 0 Å². The van der Waals surface area contributed by atoms with Crippen LogP contribution in [-0.2, 0) is 4.79 Å². The second-order valence-electron chi connectivity index (χ2n) is 6.16. The van der Waals surface area contributed by atoms with Gasteiger partial charge in [0.2, 0.25) is 11.9 Å². The molecule has 0 bridgehead atoms. The molecular weight excluding hydrogens is 401 g/mol. The number of rotatable bonds is 7. The van der Waals surface area contributed by atoms with Crippen molar-refractivity contribution in [3.05, 3.63) is 46.9 Å². The van der Waals surface area contributed by atoms with E-state index in [1.165, 1.54) is 25.3 Å². The number of benzene rings is 1. The lowest BCUT2D eigenvalue weighted by Crippen LogP contribution is -2.27. The highest BCUT2D eigenvalue weighted by atomic mass is 35.5. The number of halogens is 2. The largest absolute Gasteiger partial charge is 0.356 e. The number of aromatic amines is 1. The number of carbonyl (C=O) groups excluding carboxylic acids is 1. The monoisotopic (exact) mass is 419 g/mol. The van der Waals surface area contributed by atoms with E-state index in [1.54, 1.807) is 6.07 Å². The number of amides is 1. The molecule has 0 fully saturated rings. The molecule has 0 aliphatic carbocycles. The van der Waals surface area contributed by atoms with Crippen LogP contribution in [0.25, 0.3) is 11.2 Å². The van der Waals surface area contributed by atoms with Gasteiger partial charge < -0.3 is 15.6 Å². The van der Waals surface area contributed by atoms with Crippen molar-refractivity contribution in [1.29, 1.82) is 5.41 Å². The van der Waals surface area contributed by atoms with Crippen LogP contribution in [0.3, 0.4) is 0 Å². The Morgan fingerprint density at radius 2 is 2.17 bits per heavy atom. The average Bonchev–Trinajstić information content (AvgIpc) is 3.11. The number of hydrogen-bond donors (Lipinski definition) is 5. The molecule has 0 unspecified atom stereocenters. The van der Waals surface area contributed by atoms with Gasteiger partial charge in [0.15, 0.2) is 11.5 Å². The van der Waals surface area contributed by atoms with Crippen LogP contribution in [0.4, 0.5) is 16.0 Å². The lowest BCUT2D eigenvalue weighted by molar-refractivity contribution is -0.118. The zero-order valence-electron chi connectivity index (χ0n) is 15.5. The molecule has 0 atom stereocenters. The number of nitrogens with zero attached hydrogens (tertiary/aromatic N) is 3. The van der Waals surface area contributed by atoms with Crippen LogP contribution >= 0.6 is 11.6 Å². The summed E-state index contributed by atoms with van der Waals surface area (Å²) in [5, 5.41) is 24.9. The number of anilines is 2. The predicted molar refractivity (Wildman–Crippen MR) is 108 cm³/mol. The Bertz CT molecular complexity index is 1060. The predicted octanol–water partition coefficient (Wildman–Crippen LogP) is 2.91. The van der Waals surface area contributed by atoms with Crippen molar-refractivity contribution in [2.75, 3.05) is 23.5 Å². The van der Waals surface area contributed by atoms with E-state index in [1.807, 2.05) is 0 Å². The summed E-state index contributed by atoms with van der Waals surface area (Å²) < 4.78 is 13.4. The van der Waals surface area contributed by atoms with Crippen molar-refractivity contribution in [2.45, 2.75) is 13.3 Å². The van der Waals surface area contributed by atoms with E-state index in [0.717, 1.165) is 6.07 Å². The second kappa shape index (κ2) is 8.84. The Balaban J connectivity index is 1.76. The molecule has 1 amide bonds. The molecule has 11 heteroatoms. The summed E-state index contributed by atoms with van der Waals surface area (Å²) in [6.45, 7) is 2.56. The van der Waals surface area contributed by atoms with Gasteiger partial charge in [-0.15, -0.1) is 0 Å². The molecule has 9 nitrogen and oxygen atoms in total. The highest BCUT2D eigenvalue weighted by molar-refractivity contribution is 6.31. The third-order valence-electron chi connectivity index (χ3n) is 4.03. The number of aromatic nitrogens is 3. The maximum atomic E-state index is 13.4. The zero-order chi connectivity index (χ0) is 21.0. The van der Waals surface area contributed by atoms with Crippen LogP contribution < -0.4 is 15.7 Å². The van der Waals surface area contributed by atoms with E-state index in [-0.39, 0.29) is 22.5 Å². The number of hydroxylamine groups is 1. The first kappa shape index (κ1) is 20.5. The molecule has 0 saturated heterocycles. The lowest BCUT2D eigenvalue weighted by Gasteiger charge is -2.18. The molecule has 0 spiro atoms. The molecule has 5 N–H and O–H groups in total. The Labute approximate surface area is 170 Å². The Morgan fingerprint density at radius 1 is 1.38 bits per heavy atom. The van der Waals surface area contributed by atoms with Gasteiger partial charge in [-0.05, 0) is 30.7 Å². The summed E-state index contributed by atoms with van der Waals surface area (Å²) in [6, 6.07) is 5.19. The topological polar surface area (TPSA) is 130 Å². The molecule has 0 saturated carbocycles. The number of amidine groups is 1. The minimum absolute atomic E-state index is 0.0860. The molecule has 3 aromatic rings. The normalized spacial score (nSPS) is 10.8. The lowest BCUT2D eigenvalue weighted by atomic mass is 10.2. The average molecular weight is 420 g/mol. The fraction of sp³-hybridized carbons (Fsp3) is 0.222. The number of imidazole rings is 1. The summed E-state index contributed by atoms with van der Waals surface area (Å²) in [5.41, 5.74) is 1.30. The second-order valence-corrected chi connectivity index (χ2v) is 6.57. The molecule has 1 aromatic carbocycles. The van der Waals surface area contributed by atoms with Crippen molar-refractivity contribution in [2.24, 2.45) is 0 Å². The molecule has 0 aliphatic rings. The summed E-state index contributed by atoms with van der Waals surface area (Å²) in [7, 11) is 0. The minimum Gasteiger partial charge on any atom is -0.356 e. The number of hydrogen-bond acceptors (Lipinski definition) is 6. The van der Waals surface area contributed by atoms with Crippen molar-refractivity contribution in [3.63, 3.8) is 0 Å². The Morgan fingerprint density at radius 3 is 2.90 bits per heavy atom. The first-order chi connectivity index (χ1) is 13.9. The van der Waals surface area contributed by atoms with Gasteiger partial charge >= 0.3 is 0 Å². The van der Waals surface area contributed by atoms with Gasteiger partial charge in [0.25, 0.3) is 0 Å². The van der Waals surface area contributed by atoms with E-state index in [9.17, 15) is 14.4 Å². The number of fused-ring (bicyclic) bond motifs is 1. The Kier molecular flexibility index (Phi) is 6.25. The number of carbonyl (C=O) groups is 1. The summed E-state index contributed by atoms with van der Waals surface area (Å²) in [4.78, 5) is 22.4. The van der Waals surface area contributed by atoms with Gasteiger partial charge in [0.1, 0.15) is 5.82 Å². The highest BCUT2D eigenvalue weighted by Gasteiger charge is 2.18. The van der Waals surface area contributed by atoms with Crippen LogP contribution in [0.5, 0.6) is 0 Å². The summed E-state index contributed by atoms with van der Waals surface area (Å²) >= 11 is 5.75. The summed E-state index contributed by atoms with van der Waals surface area (Å²) in [5.74, 6) is -0.521. The maximum absolute atomic E-state index is 13.4.